The van der Waals surface area contributed by atoms with Crippen LogP contribution in [0.5, 0.6) is 0 Å². The molecule has 86 valence electrons. The third-order valence-corrected chi connectivity index (χ3v) is 3.43. The predicted molar refractivity (Wildman–Crippen MR) is 64.0 cm³/mol. The van der Waals surface area contributed by atoms with Gasteiger partial charge in [-0.05, 0) is 22.0 Å². The number of rotatable bonds is 5. The molecule has 7 heteroatoms. The summed E-state index contributed by atoms with van der Waals surface area (Å²) in [6.07, 6.45) is 0. The van der Waals surface area contributed by atoms with E-state index in [-0.39, 0.29) is 0 Å². The van der Waals surface area contributed by atoms with Crippen molar-refractivity contribution >= 4 is 27.3 Å². The van der Waals surface area contributed by atoms with Gasteiger partial charge in [0.25, 0.3) is 5.89 Å². The molecule has 2 rings (SSSR count). The molecule has 0 amide bonds. The van der Waals surface area contributed by atoms with Gasteiger partial charge in [-0.25, -0.2) is 0 Å². The van der Waals surface area contributed by atoms with Crippen LogP contribution in [-0.4, -0.2) is 23.3 Å². The predicted octanol–water partition coefficient (Wildman–Crippen LogP) is 2.04. The van der Waals surface area contributed by atoms with Gasteiger partial charge in [0.2, 0.25) is 5.82 Å². The number of hydrogen-bond donors (Lipinski definition) is 1. The summed E-state index contributed by atoms with van der Waals surface area (Å²) in [5.41, 5.74) is 5.30. The number of aromatic nitrogens is 2. The van der Waals surface area contributed by atoms with Crippen molar-refractivity contribution in [3.8, 4) is 10.7 Å². The molecule has 0 aliphatic carbocycles. The Morgan fingerprint density at radius 1 is 1.56 bits per heavy atom. The first-order chi connectivity index (χ1) is 7.79. The average molecular weight is 304 g/mol. The summed E-state index contributed by atoms with van der Waals surface area (Å²) in [7, 11) is 0. The van der Waals surface area contributed by atoms with Crippen molar-refractivity contribution in [2.75, 3.05) is 13.2 Å². The van der Waals surface area contributed by atoms with E-state index in [1.54, 1.807) is 11.3 Å². The number of thiophene rings is 1. The Morgan fingerprint density at radius 2 is 2.44 bits per heavy atom. The van der Waals surface area contributed by atoms with E-state index in [2.05, 4.69) is 26.1 Å². The molecule has 0 radical (unpaired) electrons. The standard InChI is InChI=1S/C9H10BrN3O2S/c10-6-3-7(16-5-6)9-12-8(15-13-9)4-14-2-1-11/h3,5H,1-2,4,11H2. The van der Waals surface area contributed by atoms with Gasteiger partial charge in [0.05, 0.1) is 11.5 Å². The highest BCUT2D eigenvalue weighted by Gasteiger charge is 2.10. The molecule has 2 aromatic heterocycles. The lowest BCUT2D eigenvalue weighted by Crippen LogP contribution is -2.08. The molecule has 2 heterocycles. The van der Waals surface area contributed by atoms with Gasteiger partial charge in [0.1, 0.15) is 6.61 Å². The minimum Gasteiger partial charge on any atom is -0.370 e. The molecule has 0 saturated carbocycles. The normalized spacial score (nSPS) is 10.9. The maximum Gasteiger partial charge on any atom is 0.252 e. The van der Waals surface area contributed by atoms with Gasteiger partial charge < -0.3 is 15.0 Å². The smallest absolute Gasteiger partial charge is 0.252 e. The molecule has 0 spiro atoms. The molecule has 0 fully saturated rings. The first kappa shape index (κ1) is 11.7. The second-order valence-electron chi connectivity index (χ2n) is 2.98. The molecular weight excluding hydrogens is 294 g/mol. The molecule has 0 unspecified atom stereocenters. The highest BCUT2D eigenvalue weighted by atomic mass is 79.9. The second-order valence-corrected chi connectivity index (χ2v) is 4.81. The third-order valence-electron chi connectivity index (χ3n) is 1.74. The molecule has 2 N–H and O–H groups in total. The first-order valence-corrected chi connectivity index (χ1v) is 6.31. The third kappa shape index (κ3) is 2.88. The van der Waals surface area contributed by atoms with E-state index in [0.29, 0.717) is 31.5 Å². The first-order valence-electron chi connectivity index (χ1n) is 4.64. The van der Waals surface area contributed by atoms with Crippen molar-refractivity contribution in [1.29, 1.82) is 0 Å². The Balaban J connectivity index is 2.02. The Hall–Kier alpha value is -0.760. The number of nitrogens with zero attached hydrogens (tertiary/aromatic N) is 2. The molecular formula is C9H10BrN3O2S. The molecule has 0 aliphatic heterocycles. The highest BCUT2D eigenvalue weighted by Crippen LogP contribution is 2.27. The molecule has 0 aromatic carbocycles. The van der Waals surface area contributed by atoms with E-state index >= 15 is 0 Å². The maximum atomic E-state index is 5.30. The van der Waals surface area contributed by atoms with Crippen LogP contribution < -0.4 is 5.73 Å². The van der Waals surface area contributed by atoms with Gasteiger partial charge >= 0.3 is 0 Å². The lowest BCUT2D eigenvalue weighted by molar-refractivity contribution is 0.104. The van der Waals surface area contributed by atoms with Gasteiger partial charge in [-0.15, -0.1) is 11.3 Å². The van der Waals surface area contributed by atoms with Crippen LogP contribution in [0.2, 0.25) is 0 Å². The van der Waals surface area contributed by atoms with Crippen LogP contribution in [0.25, 0.3) is 10.7 Å². The second kappa shape index (κ2) is 5.53. The Bertz CT molecular complexity index is 457. The van der Waals surface area contributed by atoms with Crippen molar-refractivity contribution in [2.24, 2.45) is 5.73 Å². The van der Waals surface area contributed by atoms with Gasteiger partial charge in [-0.3, -0.25) is 0 Å². The molecule has 5 nitrogen and oxygen atoms in total. The fourth-order valence-corrected chi connectivity index (χ4v) is 2.44. The summed E-state index contributed by atoms with van der Waals surface area (Å²) >= 11 is 4.92. The van der Waals surface area contributed by atoms with Gasteiger partial charge in [0, 0.05) is 16.4 Å². The molecule has 0 atom stereocenters. The molecule has 2 aromatic rings. The van der Waals surface area contributed by atoms with E-state index < -0.39 is 0 Å². The molecule has 16 heavy (non-hydrogen) atoms. The van der Waals surface area contributed by atoms with Gasteiger partial charge in [-0.2, -0.15) is 4.98 Å². The molecule has 0 bridgehead atoms. The van der Waals surface area contributed by atoms with E-state index in [1.165, 1.54) is 0 Å². The average Bonchev–Trinajstić information content (AvgIpc) is 2.87. The quantitative estimate of drug-likeness (QED) is 0.856. The van der Waals surface area contributed by atoms with Crippen molar-refractivity contribution in [3.63, 3.8) is 0 Å². The minimum atomic E-state index is 0.302. The van der Waals surface area contributed by atoms with Crippen LogP contribution in [0.4, 0.5) is 0 Å². The monoisotopic (exact) mass is 303 g/mol. The summed E-state index contributed by atoms with van der Waals surface area (Å²) in [5.74, 6) is 1.05. The van der Waals surface area contributed by atoms with Crippen LogP contribution in [0.15, 0.2) is 20.4 Å². The zero-order valence-corrected chi connectivity index (χ0v) is 10.8. The van der Waals surface area contributed by atoms with Crippen LogP contribution >= 0.6 is 27.3 Å². The molecule has 0 saturated heterocycles. The fourth-order valence-electron chi connectivity index (χ4n) is 1.09. The highest BCUT2D eigenvalue weighted by molar-refractivity contribution is 9.10. The Kier molecular flexibility index (Phi) is 4.05. The van der Waals surface area contributed by atoms with Gasteiger partial charge in [0.15, 0.2) is 0 Å². The van der Waals surface area contributed by atoms with E-state index in [0.717, 1.165) is 9.35 Å². The summed E-state index contributed by atoms with van der Waals surface area (Å²) in [6.45, 7) is 1.28. The Morgan fingerprint density at radius 3 is 3.12 bits per heavy atom. The fraction of sp³-hybridized carbons (Fsp3) is 0.333. The largest absolute Gasteiger partial charge is 0.370 e. The lowest BCUT2D eigenvalue weighted by Gasteiger charge is -1.95. The number of halogens is 1. The van der Waals surface area contributed by atoms with Crippen molar-refractivity contribution in [1.82, 2.24) is 10.1 Å². The van der Waals surface area contributed by atoms with E-state index in [9.17, 15) is 0 Å². The SMILES string of the molecule is NCCOCc1nc(-c2cc(Br)cs2)no1. The van der Waals surface area contributed by atoms with E-state index in [4.69, 9.17) is 15.0 Å². The van der Waals surface area contributed by atoms with Gasteiger partial charge in [-0.1, -0.05) is 5.16 Å². The minimum absolute atomic E-state index is 0.302. The topological polar surface area (TPSA) is 74.2 Å². The van der Waals surface area contributed by atoms with Crippen LogP contribution in [-0.2, 0) is 11.3 Å². The van der Waals surface area contributed by atoms with Crippen molar-refractivity contribution < 1.29 is 9.26 Å². The summed E-state index contributed by atoms with van der Waals surface area (Å²) < 4.78 is 11.2. The summed E-state index contributed by atoms with van der Waals surface area (Å²) in [4.78, 5) is 5.17. The van der Waals surface area contributed by atoms with Crippen LogP contribution in [0.1, 0.15) is 5.89 Å². The van der Waals surface area contributed by atoms with Crippen molar-refractivity contribution in [3.05, 3.63) is 21.8 Å². The molecule has 0 aliphatic rings. The summed E-state index contributed by atoms with van der Waals surface area (Å²) in [6, 6.07) is 1.94. The number of hydrogen-bond acceptors (Lipinski definition) is 6. The summed E-state index contributed by atoms with van der Waals surface area (Å²) in [5, 5.41) is 5.84. The maximum absolute atomic E-state index is 5.30. The lowest BCUT2D eigenvalue weighted by atomic mass is 10.4. The van der Waals surface area contributed by atoms with E-state index in [1.807, 2.05) is 11.4 Å². The zero-order valence-electron chi connectivity index (χ0n) is 8.35. The van der Waals surface area contributed by atoms with Crippen LogP contribution in [0.3, 0.4) is 0 Å². The van der Waals surface area contributed by atoms with Crippen LogP contribution in [0, 0.1) is 0 Å². The zero-order chi connectivity index (χ0) is 11.4. The Labute approximate surface area is 105 Å². The number of ether oxygens (including phenoxy) is 1. The number of nitrogens with two attached hydrogens (primary N) is 1. The van der Waals surface area contributed by atoms with Crippen molar-refractivity contribution in [2.45, 2.75) is 6.61 Å².